The van der Waals surface area contributed by atoms with Gasteiger partial charge in [-0.1, -0.05) is 34.1 Å². The van der Waals surface area contributed by atoms with Crippen LogP contribution in [-0.4, -0.2) is 35.7 Å². The Hall–Kier alpha value is -2.47. The SMILES string of the molecule is O=C(NCCN1C(=O)c2ccccc2C1=O)c1cccc(Br)c1. The van der Waals surface area contributed by atoms with Gasteiger partial charge in [0.1, 0.15) is 0 Å². The molecular formula is C17H13BrN2O3. The summed E-state index contributed by atoms with van der Waals surface area (Å²) in [6, 6.07) is 13.7. The largest absolute Gasteiger partial charge is 0.350 e. The van der Waals surface area contributed by atoms with Crippen LogP contribution in [0.1, 0.15) is 31.1 Å². The molecule has 6 heteroatoms. The molecule has 1 aliphatic heterocycles. The summed E-state index contributed by atoms with van der Waals surface area (Å²) >= 11 is 3.31. The lowest BCUT2D eigenvalue weighted by Gasteiger charge is -2.14. The van der Waals surface area contributed by atoms with Crippen LogP contribution in [0.4, 0.5) is 0 Å². The number of halogens is 1. The number of amides is 3. The molecule has 3 amide bonds. The second-order valence-electron chi connectivity index (χ2n) is 5.07. The number of imide groups is 1. The molecule has 0 aromatic heterocycles. The fraction of sp³-hybridized carbons (Fsp3) is 0.118. The molecule has 0 atom stereocenters. The smallest absolute Gasteiger partial charge is 0.261 e. The summed E-state index contributed by atoms with van der Waals surface area (Å²) in [5.41, 5.74) is 1.34. The van der Waals surface area contributed by atoms with Gasteiger partial charge in [-0.25, -0.2) is 0 Å². The molecule has 2 aromatic rings. The first-order valence-electron chi connectivity index (χ1n) is 7.07. The van der Waals surface area contributed by atoms with Crippen LogP contribution in [0.2, 0.25) is 0 Å². The number of hydrogen-bond donors (Lipinski definition) is 1. The molecule has 1 N–H and O–H groups in total. The minimum absolute atomic E-state index is 0.145. The number of rotatable bonds is 4. The van der Waals surface area contributed by atoms with E-state index in [-0.39, 0.29) is 30.8 Å². The zero-order valence-corrected chi connectivity index (χ0v) is 13.7. The summed E-state index contributed by atoms with van der Waals surface area (Å²) in [5.74, 6) is -0.882. The fourth-order valence-corrected chi connectivity index (χ4v) is 2.85. The van der Waals surface area contributed by atoms with Crippen LogP contribution in [0.3, 0.4) is 0 Å². The average molecular weight is 373 g/mol. The first kappa shape index (κ1) is 15.4. The van der Waals surface area contributed by atoms with Gasteiger partial charge in [-0.05, 0) is 30.3 Å². The summed E-state index contributed by atoms with van der Waals surface area (Å²) in [5, 5.41) is 2.72. The number of hydrogen-bond acceptors (Lipinski definition) is 3. The number of carbonyl (C=O) groups is 3. The molecule has 0 fully saturated rings. The lowest BCUT2D eigenvalue weighted by molar-refractivity contribution is 0.0650. The van der Waals surface area contributed by atoms with E-state index in [4.69, 9.17) is 0 Å². The van der Waals surface area contributed by atoms with E-state index in [1.807, 2.05) is 6.07 Å². The minimum atomic E-state index is -0.317. The lowest BCUT2D eigenvalue weighted by atomic mass is 10.1. The van der Waals surface area contributed by atoms with Crippen molar-refractivity contribution in [3.05, 3.63) is 69.7 Å². The molecule has 1 heterocycles. The van der Waals surface area contributed by atoms with Crippen LogP contribution in [0.5, 0.6) is 0 Å². The summed E-state index contributed by atoms with van der Waals surface area (Å²) in [7, 11) is 0. The molecule has 3 rings (SSSR count). The van der Waals surface area contributed by atoms with Crippen molar-refractivity contribution in [3.8, 4) is 0 Å². The normalized spacial score (nSPS) is 13.2. The van der Waals surface area contributed by atoms with E-state index in [1.165, 1.54) is 0 Å². The van der Waals surface area contributed by atoms with Crippen LogP contribution in [0, 0.1) is 0 Å². The van der Waals surface area contributed by atoms with E-state index in [9.17, 15) is 14.4 Å². The maximum absolute atomic E-state index is 12.2. The van der Waals surface area contributed by atoms with Crippen molar-refractivity contribution < 1.29 is 14.4 Å². The van der Waals surface area contributed by atoms with Crippen LogP contribution >= 0.6 is 15.9 Å². The topological polar surface area (TPSA) is 66.5 Å². The molecule has 0 bridgehead atoms. The zero-order chi connectivity index (χ0) is 16.4. The molecule has 0 aliphatic carbocycles. The van der Waals surface area contributed by atoms with Crippen molar-refractivity contribution in [2.75, 3.05) is 13.1 Å². The van der Waals surface area contributed by atoms with Crippen molar-refractivity contribution in [1.82, 2.24) is 10.2 Å². The number of nitrogens with one attached hydrogen (secondary N) is 1. The van der Waals surface area contributed by atoms with Crippen LogP contribution in [-0.2, 0) is 0 Å². The van der Waals surface area contributed by atoms with Gasteiger partial charge >= 0.3 is 0 Å². The van der Waals surface area contributed by atoms with Crippen molar-refractivity contribution in [1.29, 1.82) is 0 Å². The molecule has 2 aromatic carbocycles. The van der Waals surface area contributed by atoms with E-state index in [0.29, 0.717) is 16.7 Å². The van der Waals surface area contributed by atoms with Crippen LogP contribution < -0.4 is 5.32 Å². The van der Waals surface area contributed by atoms with E-state index in [2.05, 4.69) is 21.2 Å². The highest BCUT2D eigenvalue weighted by molar-refractivity contribution is 9.10. The predicted octanol–water partition coefficient (Wildman–Crippen LogP) is 2.48. The molecular weight excluding hydrogens is 360 g/mol. The lowest BCUT2D eigenvalue weighted by Crippen LogP contribution is -2.38. The molecule has 116 valence electrons. The fourth-order valence-electron chi connectivity index (χ4n) is 2.46. The summed E-state index contributed by atoms with van der Waals surface area (Å²) in [6.45, 7) is 0.350. The first-order chi connectivity index (χ1) is 11.1. The van der Waals surface area contributed by atoms with Gasteiger partial charge in [0.25, 0.3) is 17.7 Å². The van der Waals surface area contributed by atoms with Crippen LogP contribution in [0.15, 0.2) is 53.0 Å². The van der Waals surface area contributed by atoms with Gasteiger partial charge in [0.15, 0.2) is 0 Å². The Morgan fingerprint density at radius 1 is 1.00 bits per heavy atom. The Morgan fingerprint density at radius 3 is 2.26 bits per heavy atom. The third-order valence-corrected chi connectivity index (χ3v) is 4.08. The van der Waals surface area contributed by atoms with Gasteiger partial charge < -0.3 is 5.32 Å². The second-order valence-corrected chi connectivity index (χ2v) is 5.99. The minimum Gasteiger partial charge on any atom is -0.350 e. The van der Waals surface area contributed by atoms with Gasteiger partial charge in [-0.15, -0.1) is 0 Å². The predicted molar refractivity (Wildman–Crippen MR) is 88.3 cm³/mol. The average Bonchev–Trinajstić information content (AvgIpc) is 2.80. The van der Waals surface area contributed by atoms with Crippen molar-refractivity contribution in [3.63, 3.8) is 0 Å². The molecule has 0 radical (unpaired) electrons. The molecule has 0 spiro atoms. The monoisotopic (exact) mass is 372 g/mol. The molecule has 0 saturated heterocycles. The van der Waals surface area contributed by atoms with Gasteiger partial charge in [-0.3, -0.25) is 19.3 Å². The number of benzene rings is 2. The first-order valence-corrected chi connectivity index (χ1v) is 7.86. The summed E-state index contributed by atoms with van der Waals surface area (Å²) < 4.78 is 0.811. The van der Waals surface area contributed by atoms with E-state index in [1.54, 1.807) is 42.5 Å². The van der Waals surface area contributed by atoms with Crippen molar-refractivity contribution >= 4 is 33.7 Å². The van der Waals surface area contributed by atoms with Crippen molar-refractivity contribution in [2.45, 2.75) is 0 Å². The molecule has 0 saturated carbocycles. The van der Waals surface area contributed by atoms with Crippen LogP contribution in [0.25, 0.3) is 0 Å². The number of fused-ring (bicyclic) bond motifs is 1. The Labute approximate surface area is 141 Å². The van der Waals surface area contributed by atoms with E-state index < -0.39 is 0 Å². The summed E-state index contributed by atoms with van der Waals surface area (Å²) in [6.07, 6.45) is 0. The molecule has 23 heavy (non-hydrogen) atoms. The van der Waals surface area contributed by atoms with Crippen molar-refractivity contribution in [2.24, 2.45) is 0 Å². The maximum atomic E-state index is 12.2. The highest BCUT2D eigenvalue weighted by atomic mass is 79.9. The van der Waals surface area contributed by atoms with E-state index >= 15 is 0 Å². The van der Waals surface area contributed by atoms with Gasteiger partial charge in [0, 0.05) is 23.1 Å². The Kier molecular flexibility index (Phi) is 4.25. The quantitative estimate of drug-likeness (QED) is 0.838. The van der Waals surface area contributed by atoms with E-state index in [0.717, 1.165) is 9.37 Å². The highest BCUT2D eigenvalue weighted by Crippen LogP contribution is 2.21. The van der Waals surface area contributed by atoms with Gasteiger partial charge in [-0.2, -0.15) is 0 Å². The Balaban J connectivity index is 1.61. The third kappa shape index (κ3) is 3.03. The highest BCUT2D eigenvalue weighted by Gasteiger charge is 2.34. The molecule has 1 aliphatic rings. The van der Waals surface area contributed by atoms with Gasteiger partial charge in [0.2, 0.25) is 0 Å². The van der Waals surface area contributed by atoms with Gasteiger partial charge in [0.05, 0.1) is 11.1 Å². The Morgan fingerprint density at radius 2 is 1.65 bits per heavy atom. The molecule has 0 unspecified atom stereocenters. The standard InChI is InChI=1S/C17H13BrN2O3/c18-12-5-3-4-11(10-12)15(21)19-8-9-20-16(22)13-6-1-2-7-14(13)17(20)23/h1-7,10H,8-9H2,(H,19,21). The Bertz CT molecular complexity index is 769. The number of nitrogens with zero attached hydrogens (tertiary/aromatic N) is 1. The third-order valence-electron chi connectivity index (χ3n) is 3.59. The maximum Gasteiger partial charge on any atom is 0.261 e. The summed E-state index contributed by atoms with van der Waals surface area (Å²) in [4.78, 5) is 37.6. The second kappa shape index (κ2) is 6.34. The zero-order valence-electron chi connectivity index (χ0n) is 12.1. The number of carbonyl (C=O) groups excluding carboxylic acids is 3. The molecule has 5 nitrogen and oxygen atoms in total.